The lowest BCUT2D eigenvalue weighted by Gasteiger charge is -2.05. The molecule has 6 nitrogen and oxygen atoms in total. The number of rotatable bonds is 5. The number of benzene rings is 1. The summed E-state index contributed by atoms with van der Waals surface area (Å²) in [6.07, 6.45) is 6.39. The Kier molecular flexibility index (Phi) is 4.20. The molecule has 0 aliphatic carbocycles. The first-order chi connectivity index (χ1) is 11.1. The van der Waals surface area contributed by atoms with E-state index in [0.29, 0.717) is 11.5 Å². The molecule has 3 aromatic rings. The summed E-state index contributed by atoms with van der Waals surface area (Å²) in [5.74, 6) is 0.609. The van der Waals surface area contributed by atoms with Crippen molar-refractivity contribution in [3.8, 4) is 5.82 Å². The van der Waals surface area contributed by atoms with Gasteiger partial charge in [-0.25, -0.2) is 18.1 Å². The Hall–Kier alpha value is -2.93. The first-order valence-corrected chi connectivity index (χ1v) is 8.39. The number of pyridine rings is 1. The van der Waals surface area contributed by atoms with Crippen molar-refractivity contribution < 1.29 is 8.42 Å². The van der Waals surface area contributed by atoms with Gasteiger partial charge in [0.05, 0.1) is 17.3 Å². The zero-order valence-corrected chi connectivity index (χ0v) is 12.9. The van der Waals surface area contributed by atoms with Crippen LogP contribution < -0.4 is 4.72 Å². The molecule has 0 bridgehead atoms. The van der Waals surface area contributed by atoms with Crippen LogP contribution in [0.3, 0.4) is 0 Å². The molecule has 116 valence electrons. The largest absolute Gasteiger partial charge is 0.279 e. The summed E-state index contributed by atoms with van der Waals surface area (Å²) in [5.41, 5.74) is 1.20. The van der Waals surface area contributed by atoms with Crippen LogP contribution in [0.15, 0.2) is 72.5 Å². The van der Waals surface area contributed by atoms with E-state index >= 15 is 0 Å². The summed E-state index contributed by atoms with van der Waals surface area (Å²) < 4.78 is 28.1. The van der Waals surface area contributed by atoms with Crippen LogP contribution in [0.4, 0.5) is 5.69 Å². The average Bonchev–Trinajstić information content (AvgIpc) is 3.09. The van der Waals surface area contributed by atoms with Crippen molar-refractivity contribution in [2.24, 2.45) is 0 Å². The highest BCUT2D eigenvalue weighted by atomic mass is 32.2. The minimum absolute atomic E-state index is 0.388. The van der Waals surface area contributed by atoms with E-state index in [4.69, 9.17) is 0 Å². The third-order valence-corrected chi connectivity index (χ3v) is 4.00. The predicted molar refractivity (Wildman–Crippen MR) is 89.4 cm³/mol. The highest BCUT2D eigenvalue weighted by Gasteiger charge is 2.06. The fourth-order valence-corrected chi connectivity index (χ4v) is 2.77. The third kappa shape index (κ3) is 4.04. The van der Waals surface area contributed by atoms with E-state index in [1.54, 1.807) is 35.3 Å². The molecule has 2 aromatic heterocycles. The Morgan fingerprint density at radius 1 is 1.04 bits per heavy atom. The van der Waals surface area contributed by atoms with E-state index < -0.39 is 10.0 Å². The number of nitrogens with one attached hydrogen (secondary N) is 1. The summed E-state index contributed by atoms with van der Waals surface area (Å²) in [7, 11) is -3.59. The highest BCUT2D eigenvalue weighted by Crippen LogP contribution is 2.12. The van der Waals surface area contributed by atoms with E-state index in [9.17, 15) is 8.42 Å². The number of aromatic nitrogens is 3. The van der Waals surface area contributed by atoms with Gasteiger partial charge in [-0.05, 0) is 29.8 Å². The third-order valence-electron chi connectivity index (χ3n) is 2.99. The molecular formula is C16H14N4O2S. The molecule has 0 saturated heterocycles. The smallest absolute Gasteiger partial charge is 0.255 e. The van der Waals surface area contributed by atoms with Crippen molar-refractivity contribution in [2.75, 3.05) is 4.72 Å². The van der Waals surface area contributed by atoms with Gasteiger partial charge in [0.2, 0.25) is 0 Å². The lowest BCUT2D eigenvalue weighted by atomic mass is 10.2. The topological polar surface area (TPSA) is 76.9 Å². The number of anilines is 1. The SMILES string of the molecule is O=S(=O)(/C=C/c1ccccc1)Nc1ccc(-n2cccn2)nc1. The Labute approximate surface area is 134 Å². The number of nitrogens with zero attached hydrogens (tertiary/aromatic N) is 3. The van der Waals surface area contributed by atoms with Gasteiger partial charge in [-0.3, -0.25) is 4.72 Å². The molecule has 0 amide bonds. The Morgan fingerprint density at radius 3 is 2.52 bits per heavy atom. The van der Waals surface area contributed by atoms with Gasteiger partial charge in [0, 0.05) is 12.4 Å². The minimum atomic E-state index is -3.59. The molecule has 0 aliphatic heterocycles. The summed E-state index contributed by atoms with van der Waals surface area (Å²) >= 11 is 0. The maximum absolute atomic E-state index is 12.0. The first-order valence-electron chi connectivity index (χ1n) is 6.84. The van der Waals surface area contributed by atoms with E-state index in [0.717, 1.165) is 11.0 Å². The fourth-order valence-electron chi connectivity index (χ4n) is 1.92. The number of hydrogen-bond donors (Lipinski definition) is 1. The molecule has 23 heavy (non-hydrogen) atoms. The summed E-state index contributed by atoms with van der Waals surface area (Å²) in [4.78, 5) is 4.17. The quantitative estimate of drug-likeness (QED) is 0.782. The van der Waals surface area contributed by atoms with E-state index in [1.165, 1.54) is 12.3 Å². The number of hydrogen-bond acceptors (Lipinski definition) is 4. The zero-order chi connectivity index (χ0) is 16.1. The Morgan fingerprint density at radius 2 is 1.87 bits per heavy atom. The summed E-state index contributed by atoms with van der Waals surface area (Å²) in [5, 5.41) is 5.19. The van der Waals surface area contributed by atoms with E-state index in [2.05, 4.69) is 14.8 Å². The van der Waals surface area contributed by atoms with Gasteiger partial charge < -0.3 is 0 Å². The fraction of sp³-hybridized carbons (Fsp3) is 0. The zero-order valence-electron chi connectivity index (χ0n) is 12.1. The van der Waals surface area contributed by atoms with Crippen LogP contribution in [-0.2, 0) is 10.0 Å². The summed E-state index contributed by atoms with van der Waals surface area (Å²) in [6, 6.07) is 14.3. The molecule has 1 N–H and O–H groups in total. The highest BCUT2D eigenvalue weighted by molar-refractivity contribution is 7.95. The molecule has 0 radical (unpaired) electrons. The molecule has 0 aliphatic rings. The van der Waals surface area contributed by atoms with Crippen LogP contribution in [-0.4, -0.2) is 23.2 Å². The van der Waals surface area contributed by atoms with Gasteiger partial charge in [0.1, 0.15) is 0 Å². The van der Waals surface area contributed by atoms with Crippen LogP contribution >= 0.6 is 0 Å². The normalized spacial score (nSPS) is 11.7. The maximum Gasteiger partial charge on any atom is 0.255 e. The van der Waals surface area contributed by atoms with Gasteiger partial charge in [-0.1, -0.05) is 30.3 Å². The minimum Gasteiger partial charge on any atom is -0.279 e. The van der Waals surface area contributed by atoms with Gasteiger partial charge in [0.15, 0.2) is 5.82 Å². The second-order valence-electron chi connectivity index (χ2n) is 4.72. The van der Waals surface area contributed by atoms with Gasteiger partial charge >= 0.3 is 0 Å². The van der Waals surface area contributed by atoms with Crippen molar-refractivity contribution >= 4 is 21.8 Å². The van der Waals surface area contributed by atoms with Gasteiger partial charge in [-0.2, -0.15) is 5.10 Å². The molecule has 0 atom stereocenters. The molecule has 0 unspecified atom stereocenters. The molecule has 0 fully saturated rings. The van der Waals surface area contributed by atoms with Crippen molar-refractivity contribution in [3.63, 3.8) is 0 Å². The molecular weight excluding hydrogens is 312 g/mol. The molecule has 2 heterocycles. The van der Waals surface area contributed by atoms with Crippen LogP contribution in [0.1, 0.15) is 5.56 Å². The maximum atomic E-state index is 12.0. The van der Waals surface area contributed by atoms with Crippen LogP contribution in [0.5, 0.6) is 0 Å². The molecule has 1 aromatic carbocycles. The van der Waals surface area contributed by atoms with Crippen molar-refractivity contribution in [1.82, 2.24) is 14.8 Å². The van der Waals surface area contributed by atoms with E-state index in [1.807, 2.05) is 30.3 Å². The van der Waals surface area contributed by atoms with Gasteiger partial charge in [0.25, 0.3) is 10.0 Å². The average molecular weight is 326 g/mol. The standard InChI is InChI=1S/C16H14N4O2S/c21-23(22,12-9-14-5-2-1-3-6-14)19-15-7-8-16(17-13-15)20-11-4-10-18-20/h1-13,19H/b12-9+. The lowest BCUT2D eigenvalue weighted by molar-refractivity contribution is 0.609. The predicted octanol–water partition coefficient (Wildman–Crippen LogP) is 2.68. The lowest BCUT2D eigenvalue weighted by Crippen LogP contribution is -2.09. The second-order valence-corrected chi connectivity index (χ2v) is 6.28. The second kappa shape index (κ2) is 6.45. The summed E-state index contributed by atoms with van der Waals surface area (Å²) in [6.45, 7) is 0. The molecule has 0 spiro atoms. The van der Waals surface area contributed by atoms with Crippen molar-refractivity contribution in [1.29, 1.82) is 0 Å². The molecule has 0 saturated carbocycles. The van der Waals surface area contributed by atoms with Crippen LogP contribution in [0, 0.1) is 0 Å². The monoisotopic (exact) mass is 326 g/mol. The number of sulfonamides is 1. The van der Waals surface area contributed by atoms with Crippen LogP contribution in [0.25, 0.3) is 11.9 Å². The molecule has 7 heteroatoms. The Balaban J connectivity index is 1.72. The molecule has 3 rings (SSSR count). The van der Waals surface area contributed by atoms with Crippen molar-refractivity contribution in [3.05, 3.63) is 78.1 Å². The van der Waals surface area contributed by atoms with Crippen molar-refractivity contribution in [2.45, 2.75) is 0 Å². The van der Waals surface area contributed by atoms with E-state index in [-0.39, 0.29) is 0 Å². The Bertz CT molecular complexity index is 887. The van der Waals surface area contributed by atoms with Gasteiger partial charge in [-0.15, -0.1) is 0 Å². The van der Waals surface area contributed by atoms with Crippen LogP contribution in [0.2, 0.25) is 0 Å². The first kappa shape index (κ1) is 15.0.